The van der Waals surface area contributed by atoms with Crippen molar-refractivity contribution in [3.05, 3.63) is 12.7 Å². The molecule has 17 heavy (non-hydrogen) atoms. The topological polar surface area (TPSA) is 55.8 Å². The second-order valence-corrected chi connectivity index (χ2v) is 10.3. The number of carbonyl (C=O) groups is 1. The lowest BCUT2D eigenvalue weighted by Crippen LogP contribution is -2.44. The number of aliphatic carboxylic acids is 1. The lowest BCUT2D eigenvalue weighted by atomic mass is 10.2. The second-order valence-electron chi connectivity index (χ2n) is 5.52. The molecule has 0 aromatic heterocycles. The summed E-state index contributed by atoms with van der Waals surface area (Å²) in [5, 5.41) is 9.04. The molecule has 1 atom stereocenters. The molecule has 0 aliphatic carbocycles. The zero-order valence-electron chi connectivity index (χ0n) is 11.4. The van der Waals surface area contributed by atoms with Gasteiger partial charge >= 0.3 is 5.97 Å². The summed E-state index contributed by atoms with van der Waals surface area (Å²) in [5.41, 5.74) is 0. The number of hydrogen-bond donors (Lipinski definition) is 1. The lowest BCUT2D eigenvalue weighted by molar-refractivity contribution is -0.151. The van der Waals surface area contributed by atoms with Gasteiger partial charge in [0.05, 0.1) is 13.2 Å². The molecule has 0 amide bonds. The highest BCUT2D eigenvalue weighted by atomic mass is 28.4. The maximum Gasteiger partial charge on any atom is 0.335 e. The van der Waals surface area contributed by atoms with Gasteiger partial charge in [0.25, 0.3) is 0 Å². The third kappa shape index (κ3) is 5.47. The number of carboxylic acid groups (broad SMARTS) is 1. The molecule has 0 aliphatic rings. The quantitative estimate of drug-likeness (QED) is 0.565. The van der Waals surface area contributed by atoms with Crippen LogP contribution in [0.2, 0.25) is 18.1 Å². The van der Waals surface area contributed by atoms with Crippen LogP contribution in [0, 0.1) is 0 Å². The predicted octanol–water partition coefficient (Wildman–Crippen LogP) is 2.66. The van der Waals surface area contributed by atoms with Gasteiger partial charge < -0.3 is 14.3 Å². The molecule has 0 spiro atoms. The lowest BCUT2D eigenvalue weighted by Gasteiger charge is -2.36. The van der Waals surface area contributed by atoms with Gasteiger partial charge in [0, 0.05) is 0 Å². The molecule has 0 heterocycles. The van der Waals surface area contributed by atoms with Crippen LogP contribution in [0.1, 0.15) is 20.8 Å². The van der Waals surface area contributed by atoms with Gasteiger partial charge in [-0.15, -0.1) is 6.58 Å². The van der Waals surface area contributed by atoms with Gasteiger partial charge in [-0.25, -0.2) is 4.79 Å². The molecule has 100 valence electrons. The molecule has 0 aromatic rings. The molecule has 0 radical (unpaired) electrons. The summed E-state index contributed by atoms with van der Waals surface area (Å²) >= 11 is 0. The van der Waals surface area contributed by atoms with E-state index in [-0.39, 0.29) is 18.3 Å². The van der Waals surface area contributed by atoms with Crippen LogP contribution < -0.4 is 0 Å². The van der Waals surface area contributed by atoms with Crippen molar-refractivity contribution in [3.8, 4) is 0 Å². The van der Waals surface area contributed by atoms with E-state index >= 15 is 0 Å². The van der Waals surface area contributed by atoms with Gasteiger partial charge in [-0.05, 0) is 18.1 Å². The second kappa shape index (κ2) is 6.33. The van der Waals surface area contributed by atoms with Crippen LogP contribution in [0.4, 0.5) is 0 Å². The Labute approximate surface area is 105 Å². The highest BCUT2D eigenvalue weighted by Crippen LogP contribution is 2.36. The molecule has 0 saturated heterocycles. The van der Waals surface area contributed by atoms with Crippen LogP contribution in [0.25, 0.3) is 0 Å². The highest BCUT2D eigenvalue weighted by Gasteiger charge is 2.38. The van der Waals surface area contributed by atoms with Crippen LogP contribution >= 0.6 is 0 Å². The molecule has 0 fully saturated rings. The van der Waals surface area contributed by atoms with E-state index in [0.717, 1.165) is 0 Å². The zero-order valence-corrected chi connectivity index (χ0v) is 12.4. The van der Waals surface area contributed by atoms with Crippen LogP contribution in [0.5, 0.6) is 0 Å². The van der Waals surface area contributed by atoms with E-state index in [9.17, 15) is 4.79 Å². The van der Waals surface area contributed by atoms with Crippen molar-refractivity contribution in [2.75, 3.05) is 13.2 Å². The summed E-state index contributed by atoms with van der Waals surface area (Å²) in [4.78, 5) is 10.9. The van der Waals surface area contributed by atoms with Crippen molar-refractivity contribution in [1.82, 2.24) is 0 Å². The Morgan fingerprint density at radius 3 is 2.35 bits per heavy atom. The Hall–Kier alpha value is -0.653. The predicted molar refractivity (Wildman–Crippen MR) is 70.7 cm³/mol. The Morgan fingerprint density at radius 2 is 2.00 bits per heavy atom. The fraction of sp³-hybridized carbons (Fsp3) is 0.750. The highest BCUT2D eigenvalue weighted by molar-refractivity contribution is 6.74. The first-order chi connectivity index (χ1) is 7.62. The zero-order chi connectivity index (χ0) is 13.7. The molecule has 0 aromatic carbocycles. The van der Waals surface area contributed by atoms with Crippen LogP contribution in [-0.4, -0.2) is 38.7 Å². The van der Waals surface area contributed by atoms with Crippen molar-refractivity contribution in [2.24, 2.45) is 0 Å². The van der Waals surface area contributed by atoms with Gasteiger partial charge in [-0.1, -0.05) is 26.8 Å². The fourth-order valence-corrected chi connectivity index (χ4v) is 1.88. The standard InChI is InChI=1S/C12H24O4Si/c1-7-8-15-10(11(13)14)9-16-17(5,6)12(2,3)4/h7,10H,1,8-9H2,2-6H3,(H,13,14). The average molecular weight is 260 g/mol. The summed E-state index contributed by atoms with van der Waals surface area (Å²) in [5.74, 6) is -0.995. The molecular formula is C12H24O4Si. The van der Waals surface area contributed by atoms with Crippen molar-refractivity contribution in [3.63, 3.8) is 0 Å². The van der Waals surface area contributed by atoms with Crippen molar-refractivity contribution < 1.29 is 19.1 Å². The number of rotatable bonds is 7. The summed E-state index contributed by atoms with van der Waals surface area (Å²) in [6.45, 7) is 14.3. The summed E-state index contributed by atoms with van der Waals surface area (Å²) in [7, 11) is -1.92. The fourth-order valence-electron chi connectivity index (χ4n) is 0.875. The maximum absolute atomic E-state index is 10.9. The van der Waals surface area contributed by atoms with E-state index in [0.29, 0.717) is 0 Å². The van der Waals surface area contributed by atoms with Crippen LogP contribution in [0.3, 0.4) is 0 Å². The third-order valence-corrected chi connectivity index (χ3v) is 7.59. The number of ether oxygens (including phenoxy) is 1. The monoisotopic (exact) mass is 260 g/mol. The van der Waals surface area contributed by atoms with Crippen molar-refractivity contribution >= 4 is 14.3 Å². The van der Waals surface area contributed by atoms with E-state index in [1.54, 1.807) is 0 Å². The molecule has 1 unspecified atom stereocenters. The minimum Gasteiger partial charge on any atom is -0.479 e. The van der Waals surface area contributed by atoms with Crippen LogP contribution in [0.15, 0.2) is 12.7 Å². The molecule has 0 saturated carbocycles. The Morgan fingerprint density at radius 1 is 1.47 bits per heavy atom. The van der Waals surface area contributed by atoms with E-state index in [2.05, 4.69) is 40.4 Å². The van der Waals surface area contributed by atoms with E-state index in [1.807, 2.05) is 0 Å². The largest absolute Gasteiger partial charge is 0.479 e. The van der Waals surface area contributed by atoms with Gasteiger partial charge in [0.1, 0.15) is 0 Å². The first kappa shape index (κ1) is 16.3. The third-order valence-electron chi connectivity index (χ3n) is 3.09. The number of hydrogen-bond acceptors (Lipinski definition) is 3. The minimum absolute atomic E-state index is 0.0640. The SMILES string of the molecule is C=CCOC(CO[Si](C)(C)C(C)(C)C)C(=O)O. The molecule has 0 bridgehead atoms. The molecular weight excluding hydrogens is 236 g/mol. The van der Waals surface area contributed by atoms with Gasteiger partial charge in [-0.2, -0.15) is 0 Å². The van der Waals surface area contributed by atoms with E-state index in [1.165, 1.54) is 6.08 Å². The van der Waals surface area contributed by atoms with Crippen LogP contribution in [-0.2, 0) is 14.0 Å². The number of carboxylic acids is 1. The first-order valence-electron chi connectivity index (χ1n) is 5.71. The van der Waals surface area contributed by atoms with Gasteiger partial charge in [-0.3, -0.25) is 0 Å². The molecule has 5 heteroatoms. The summed E-state index contributed by atoms with van der Waals surface area (Å²) < 4.78 is 11.0. The van der Waals surface area contributed by atoms with Gasteiger partial charge in [0.2, 0.25) is 0 Å². The minimum atomic E-state index is -1.92. The molecule has 4 nitrogen and oxygen atoms in total. The average Bonchev–Trinajstić information content (AvgIpc) is 2.15. The Bertz CT molecular complexity index is 268. The normalized spacial score (nSPS) is 14.4. The summed E-state index contributed by atoms with van der Waals surface area (Å²) in [6.07, 6.45) is 0.615. The summed E-state index contributed by atoms with van der Waals surface area (Å²) in [6, 6.07) is 0. The van der Waals surface area contributed by atoms with E-state index in [4.69, 9.17) is 14.3 Å². The Kier molecular flexibility index (Phi) is 6.08. The molecule has 1 N–H and O–H groups in total. The maximum atomic E-state index is 10.9. The van der Waals surface area contributed by atoms with E-state index < -0.39 is 20.4 Å². The molecule has 0 rings (SSSR count). The van der Waals surface area contributed by atoms with Crippen molar-refractivity contribution in [2.45, 2.75) is 45.0 Å². The van der Waals surface area contributed by atoms with Gasteiger partial charge in [0.15, 0.2) is 14.4 Å². The first-order valence-corrected chi connectivity index (χ1v) is 8.62. The smallest absolute Gasteiger partial charge is 0.335 e. The Balaban J connectivity index is 4.40. The van der Waals surface area contributed by atoms with Crippen molar-refractivity contribution in [1.29, 1.82) is 0 Å². The molecule has 0 aliphatic heterocycles.